The molecule has 5 nitrogen and oxygen atoms in total. The molecule has 0 aromatic carbocycles. The normalized spacial score (nSPS) is 22.6. The zero-order valence-electron chi connectivity index (χ0n) is 11.8. The molecule has 108 valence electrons. The van der Waals surface area contributed by atoms with E-state index in [0.29, 0.717) is 32.8 Å². The molecule has 1 saturated heterocycles. The van der Waals surface area contributed by atoms with Gasteiger partial charge in [0.05, 0.1) is 6.61 Å². The van der Waals surface area contributed by atoms with Crippen LogP contribution >= 0.6 is 0 Å². The minimum absolute atomic E-state index is 0.0104. The van der Waals surface area contributed by atoms with Crippen LogP contribution in [0.3, 0.4) is 0 Å². The van der Waals surface area contributed by atoms with Crippen LogP contribution in [0.5, 0.6) is 0 Å². The van der Waals surface area contributed by atoms with Gasteiger partial charge in [-0.3, -0.25) is 9.59 Å². The molecule has 1 amide bonds. The van der Waals surface area contributed by atoms with Crippen LogP contribution in [-0.2, 0) is 19.1 Å². The Bertz CT molecular complexity index is 329. The molecule has 2 unspecified atom stereocenters. The summed E-state index contributed by atoms with van der Waals surface area (Å²) in [6.07, 6.45) is 2.33. The predicted octanol–water partition coefficient (Wildman–Crippen LogP) is 1.24. The van der Waals surface area contributed by atoms with E-state index in [2.05, 4.69) is 6.58 Å². The minimum Gasteiger partial charge on any atom is -0.465 e. The maximum Gasteiger partial charge on any atom is 0.325 e. The fourth-order valence-corrected chi connectivity index (χ4v) is 2.23. The number of hydrogen-bond acceptors (Lipinski definition) is 4. The average Bonchev–Trinajstić information content (AvgIpc) is 2.38. The monoisotopic (exact) mass is 269 g/mol. The summed E-state index contributed by atoms with van der Waals surface area (Å²) in [4.78, 5) is 25.5. The van der Waals surface area contributed by atoms with Crippen molar-refractivity contribution in [2.45, 2.75) is 20.3 Å². The first-order chi connectivity index (χ1) is 9.10. The van der Waals surface area contributed by atoms with E-state index in [9.17, 15) is 9.59 Å². The molecule has 0 radical (unpaired) electrons. The lowest BCUT2D eigenvalue weighted by Crippen LogP contribution is -2.44. The average molecular weight is 269 g/mol. The summed E-state index contributed by atoms with van der Waals surface area (Å²) >= 11 is 0. The highest BCUT2D eigenvalue weighted by Crippen LogP contribution is 2.23. The third kappa shape index (κ3) is 4.67. The van der Waals surface area contributed by atoms with E-state index in [4.69, 9.17) is 9.47 Å². The van der Waals surface area contributed by atoms with E-state index in [-0.39, 0.29) is 30.3 Å². The summed E-state index contributed by atoms with van der Waals surface area (Å²) in [5.41, 5.74) is 0. The Balaban J connectivity index is 2.65. The van der Waals surface area contributed by atoms with Crippen LogP contribution in [0, 0.1) is 11.8 Å². The third-order valence-electron chi connectivity index (χ3n) is 3.24. The van der Waals surface area contributed by atoms with Gasteiger partial charge in [-0.1, -0.05) is 13.0 Å². The highest BCUT2D eigenvalue weighted by molar-refractivity contribution is 5.84. The molecule has 1 rings (SSSR count). The van der Waals surface area contributed by atoms with Crippen molar-refractivity contribution in [3.63, 3.8) is 0 Å². The lowest BCUT2D eigenvalue weighted by Gasteiger charge is -2.32. The van der Waals surface area contributed by atoms with Gasteiger partial charge in [-0.05, 0) is 19.3 Å². The van der Waals surface area contributed by atoms with Crippen molar-refractivity contribution >= 4 is 11.9 Å². The van der Waals surface area contributed by atoms with Crippen molar-refractivity contribution in [3.05, 3.63) is 12.7 Å². The quantitative estimate of drug-likeness (QED) is 0.538. The van der Waals surface area contributed by atoms with Crippen molar-refractivity contribution in [3.8, 4) is 0 Å². The second-order valence-electron chi connectivity index (χ2n) is 4.76. The van der Waals surface area contributed by atoms with Crippen molar-refractivity contribution in [1.82, 2.24) is 4.90 Å². The second-order valence-corrected chi connectivity index (χ2v) is 4.76. The molecule has 1 aliphatic heterocycles. The van der Waals surface area contributed by atoms with Crippen LogP contribution in [0.25, 0.3) is 0 Å². The molecule has 0 saturated carbocycles. The highest BCUT2D eigenvalue weighted by Gasteiger charge is 2.32. The van der Waals surface area contributed by atoms with Crippen LogP contribution in [0.15, 0.2) is 12.7 Å². The number of esters is 1. The third-order valence-corrected chi connectivity index (χ3v) is 3.24. The van der Waals surface area contributed by atoms with Gasteiger partial charge in [0.25, 0.3) is 0 Å². The Morgan fingerprint density at radius 2 is 2.26 bits per heavy atom. The van der Waals surface area contributed by atoms with Crippen LogP contribution in [-0.4, -0.2) is 49.7 Å². The van der Waals surface area contributed by atoms with E-state index in [1.165, 1.54) is 4.90 Å². The number of ether oxygens (including phenoxy) is 2. The van der Waals surface area contributed by atoms with E-state index >= 15 is 0 Å². The van der Waals surface area contributed by atoms with Gasteiger partial charge in [0.15, 0.2) is 0 Å². The first kappa shape index (κ1) is 15.7. The number of amides is 1. The zero-order chi connectivity index (χ0) is 14.3. The molecule has 1 heterocycles. The van der Waals surface area contributed by atoms with Gasteiger partial charge in [0.1, 0.15) is 6.54 Å². The summed E-state index contributed by atoms with van der Waals surface area (Å²) in [5.74, 6) is -0.292. The first-order valence-corrected chi connectivity index (χ1v) is 6.73. The Morgan fingerprint density at radius 1 is 1.53 bits per heavy atom. The fraction of sp³-hybridized carbons (Fsp3) is 0.714. The highest BCUT2D eigenvalue weighted by atomic mass is 16.5. The first-order valence-electron chi connectivity index (χ1n) is 6.73. The SMILES string of the molecule is C=CCN(CC(=O)OCC)C(=O)C1CCOCC1C. The Kier molecular flexibility index (Phi) is 6.56. The number of hydrogen-bond donors (Lipinski definition) is 0. The number of carbonyl (C=O) groups is 2. The van der Waals surface area contributed by atoms with Crippen molar-refractivity contribution in [1.29, 1.82) is 0 Å². The Morgan fingerprint density at radius 3 is 2.84 bits per heavy atom. The Labute approximate surface area is 114 Å². The maximum absolute atomic E-state index is 12.5. The van der Waals surface area contributed by atoms with Crippen LogP contribution in [0.1, 0.15) is 20.3 Å². The molecule has 1 fully saturated rings. The van der Waals surface area contributed by atoms with E-state index in [1.54, 1.807) is 13.0 Å². The minimum atomic E-state index is -0.377. The summed E-state index contributed by atoms with van der Waals surface area (Å²) in [6.45, 7) is 9.24. The summed E-state index contributed by atoms with van der Waals surface area (Å²) in [7, 11) is 0. The van der Waals surface area contributed by atoms with Crippen LogP contribution < -0.4 is 0 Å². The van der Waals surface area contributed by atoms with Crippen LogP contribution in [0.4, 0.5) is 0 Å². The predicted molar refractivity (Wildman–Crippen MR) is 71.5 cm³/mol. The molecular formula is C14H23NO4. The number of rotatable bonds is 6. The molecule has 0 aromatic heterocycles. The second kappa shape index (κ2) is 7.94. The molecule has 0 spiro atoms. The van der Waals surface area contributed by atoms with E-state index in [0.717, 1.165) is 0 Å². The van der Waals surface area contributed by atoms with E-state index < -0.39 is 0 Å². The van der Waals surface area contributed by atoms with Crippen molar-refractivity contribution < 1.29 is 19.1 Å². The number of nitrogens with zero attached hydrogens (tertiary/aromatic N) is 1. The zero-order valence-corrected chi connectivity index (χ0v) is 11.8. The van der Waals surface area contributed by atoms with Gasteiger partial charge in [-0.25, -0.2) is 0 Å². The molecule has 5 heteroatoms. The van der Waals surface area contributed by atoms with Gasteiger partial charge in [0.2, 0.25) is 5.91 Å². The molecule has 0 aromatic rings. The fourth-order valence-electron chi connectivity index (χ4n) is 2.23. The van der Waals surface area contributed by atoms with Gasteiger partial charge >= 0.3 is 5.97 Å². The molecular weight excluding hydrogens is 246 g/mol. The summed E-state index contributed by atoms with van der Waals surface area (Å²) in [6, 6.07) is 0. The van der Waals surface area contributed by atoms with Crippen molar-refractivity contribution in [2.24, 2.45) is 11.8 Å². The molecule has 0 bridgehead atoms. The largest absolute Gasteiger partial charge is 0.465 e. The van der Waals surface area contributed by atoms with Crippen LogP contribution in [0.2, 0.25) is 0 Å². The maximum atomic E-state index is 12.5. The topological polar surface area (TPSA) is 55.8 Å². The molecule has 19 heavy (non-hydrogen) atoms. The summed E-state index contributed by atoms with van der Waals surface area (Å²) in [5, 5.41) is 0. The molecule has 1 aliphatic rings. The lowest BCUT2D eigenvalue weighted by molar-refractivity contribution is -0.152. The van der Waals surface area contributed by atoms with Crippen molar-refractivity contribution in [2.75, 3.05) is 32.9 Å². The smallest absolute Gasteiger partial charge is 0.325 e. The molecule has 0 aliphatic carbocycles. The number of carbonyl (C=O) groups excluding carboxylic acids is 2. The molecule has 2 atom stereocenters. The van der Waals surface area contributed by atoms with Gasteiger partial charge < -0.3 is 14.4 Å². The van der Waals surface area contributed by atoms with Gasteiger partial charge in [-0.2, -0.15) is 0 Å². The van der Waals surface area contributed by atoms with Gasteiger partial charge in [-0.15, -0.1) is 6.58 Å². The van der Waals surface area contributed by atoms with E-state index in [1.807, 2.05) is 6.92 Å². The summed E-state index contributed by atoms with van der Waals surface area (Å²) < 4.78 is 10.2. The Hall–Kier alpha value is -1.36. The molecule has 0 N–H and O–H groups in total. The lowest BCUT2D eigenvalue weighted by atomic mass is 9.88. The van der Waals surface area contributed by atoms with Gasteiger partial charge in [0, 0.05) is 25.7 Å². The standard InChI is InChI=1S/C14H23NO4/c1-4-7-15(9-13(16)19-5-2)14(17)12-6-8-18-10-11(12)3/h4,11-12H,1,5-10H2,2-3H3.